The number of halogens is 2. The molecule has 0 heterocycles. The maximum Gasteiger partial charge on any atom is 0.155 e. The van der Waals surface area contributed by atoms with Gasteiger partial charge in [0.15, 0.2) is 5.75 Å². The van der Waals surface area contributed by atoms with Crippen molar-refractivity contribution in [1.29, 1.82) is 5.26 Å². The smallest absolute Gasteiger partial charge is 0.155 e. The second kappa shape index (κ2) is 14.8. The monoisotopic (exact) mass is 447 g/mol. The average molecular weight is 448 g/mol. The van der Waals surface area contributed by atoms with Crippen LogP contribution in [-0.4, -0.2) is 19.1 Å². The van der Waals surface area contributed by atoms with Crippen LogP contribution in [-0.2, 0) is 6.42 Å². The fourth-order valence-electron chi connectivity index (χ4n) is 2.74. The van der Waals surface area contributed by atoms with Crippen molar-refractivity contribution in [3.05, 3.63) is 63.7 Å². The fraction of sp³-hybridized carbons (Fsp3) is 0.400. The number of ether oxygens (including phenoxy) is 2. The van der Waals surface area contributed by atoms with E-state index in [1.165, 1.54) is 11.1 Å². The molecule has 0 amide bonds. The van der Waals surface area contributed by atoms with Crippen molar-refractivity contribution in [3.63, 3.8) is 0 Å². The molecular formula is C25H31Cl2NO2. The van der Waals surface area contributed by atoms with Crippen molar-refractivity contribution in [2.45, 2.75) is 47.0 Å². The van der Waals surface area contributed by atoms with Gasteiger partial charge in [-0.25, -0.2) is 0 Å². The number of nitriles is 1. The van der Waals surface area contributed by atoms with Gasteiger partial charge in [-0.05, 0) is 67.6 Å². The Balaban J connectivity index is 0.000000303. The predicted octanol–water partition coefficient (Wildman–Crippen LogP) is 7.60. The Bertz CT molecular complexity index is 857. The van der Waals surface area contributed by atoms with Gasteiger partial charge in [0.1, 0.15) is 18.4 Å². The third kappa shape index (κ3) is 8.69. The Hall–Kier alpha value is -2.15. The van der Waals surface area contributed by atoms with Crippen LogP contribution in [0.5, 0.6) is 11.5 Å². The van der Waals surface area contributed by atoms with Crippen LogP contribution < -0.4 is 9.47 Å². The Morgan fingerprint density at radius 2 is 1.83 bits per heavy atom. The average Bonchev–Trinajstić information content (AvgIpc) is 2.74. The quantitative estimate of drug-likeness (QED) is 0.371. The Labute approximate surface area is 191 Å². The molecule has 0 spiro atoms. The van der Waals surface area contributed by atoms with Crippen LogP contribution in [0.4, 0.5) is 0 Å². The lowest BCUT2D eigenvalue weighted by molar-refractivity contribution is 0.317. The van der Waals surface area contributed by atoms with Crippen LogP contribution in [0, 0.1) is 18.3 Å². The summed E-state index contributed by atoms with van der Waals surface area (Å²) >= 11 is 11.6. The van der Waals surface area contributed by atoms with E-state index in [1.807, 2.05) is 31.2 Å². The van der Waals surface area contributed by atoms with Gasteiger partial charge < -0.3 is 9.47 Å². The summed E-state index contributed by atoms with van der Waals surface area (Å²) < 4.78 is 10.9. The number of aryl methyl sites for hydroxylation is 2. The molecule has 5 heteroatoms. The van der Waals surface area contributed by atoms with Crippen molar-refractivity contribution in [2.75, 3.05) is 19.1 Å². The minimum absolute atomic E-state index is 0.350. The van der Waals surface area contributed by atoms with Crippen LogP contribution in [0.2, 0.25) is 5.02 Å². The summed E-state index contributed by atoms with van der Waals surface area (Å²) in [6, 6.07) is 12.0. The van der Waals surface area contributed by atoms with Crippen LogP contribution in [0.3, 0.4) is 0 Å². The van der Waals surface area contributed by atoms with Gasteiger partial charge in [0.25, 0.3) is 0 Å². The molecule has 0 radical (unpaired) electrons. The number of rotatable bonds is 9. The molecule has 0 fully saturated rings. The minimum Gasteiger partial charge on any atom is -0.494 e. The van der Waals surface area contributed by atoms with Crippen LogP contribution >= 0.6 is 23.2 Å². The molecule has 0 aliphatic carbocycles. The van der Waals surface area contributed by atoms with Gasteiger partial charge in [0, 0.05) is 0 Å². The molecule has 0 aromatic heterocycles. The number of hydrogen-bond acceptors (Lipinski definition) is 3. The minimum atomic E-state index is 0.350. The predicted molar refractivity (Wildman–Crippen MR) is 128 cm³/mol. The third-order valence-corrected chi connectivity index (χ3v) is 4.59. The Morgan fingerprint density at radius 1 is 1.07 bits per heavy atom. The molecule has 2 aromatic carbocycles. The maximum absolute atomic E-state index is 9.01. The molecule has 3 nitrogen and oxygen atoms in total. The standard InChI is InChI=1S/C13H18O.C12H13Cl2NO/c1-4-6-12-10-13(14-9-5-2)8-7-11(12)3;1-2-3-9-6-10(8-15)12(11(14)7-9)16-5-4-13/h4,6-8,10H,5,9H2,1-3H3;6-7H,2-5H2,1H3/b6-4-;. The molecule has 162 valence electrons. The van der Waals surface area contributed by atoms with Crippen molar-refractivity contribution in [1.82, 2.24) is 0 Å². The first-order chi connectivity index (χ1) is 14.5. The van der Waals surface area contributed by atoms with E-state index < -0.39 is 0 Å². The molecule has 2 aromatic rings. The van der Waals surface area contributed by atoms with Gasteiger partial charge in [0.2, 0.25) is 0 Å². The van der Waals surface area contributed by atoms with Gasteiger partial charge in [-0.2, -0.15) is 5.26 Å². The fourth-order valence-corrected chi connectivity index (χ4v) is 3.11. The van der Waals surface area contributed by atoms with Gasteiger partial charge in [-0.15, -0.1) is 11.6 Å². The van der Waals surface area contributed by atoms with E-state index in [0.29, 0.717) is 28.8 Å². The van der Waals surface area contributed by atoms with Crippen molar-refractivity contribution >= 4 is 29.3 Å². The summed E-state index contributed by atoms with van der Waals surface area (Å²) in [5.74, 6) is 1.77. The third-order valence-electron chi connectivity index (χ3n) is 4.16. The van der Waals surface area contributed by atoms with Gasteiger partial charge in [-0.1, -0.05) is 50.1 Å². The van der Waals surface area contributed by atoms with Crippen LogP contribution in [0.15, 0.2) is 36.4 Å². The van der Waals surface area contributed by atoms with Gasteiger partial charge in [0.05, 0.1) is 23.1 Å². The van der Waals surface area contributed by atoms with Crippen molar-refractivity contribution < 1.29 is 9.47 Å². The molecule has 0 N–H and O–H groups in total. The SMILES string of the molecule is C/C=C\c1cc(OCCC)ccc1C.CCCc1cc(Cl)c(OCCCl)c(C#N)c1. The first-order valence-corrected chi connectivity index (χ1v) is 11.2. The second-order valence-electron chi connectivity index (χ2n) is 6.72. The summed E-state index contributed by atoms with van der Waals surface area (Å²) in [6.45, 7) is 9.47. The second-order valence-corrected chi connectivity index (χ2v) is 7.51. The van der Waals surface area contributed by atoms with Crippen LogP contribution in [0.1, 0.15) is 55.9 Å². The molecule has 0 atom stereocenters. The number of benzene rings is 2. The molecular weight excluding hydrogens is 417 g/mol. The highest BCUT2D eigenvalue weighted by Crippen LogP contribution is 2.30. The molecule has 0 saturated carbocycles. The summed E-state index contributed by atoms with van der Waals surface area (Å²) in [7, 11) is 0. The van der Waals surface area contributed by atoms with E-state index in [1.54, 1.807) is 0 Å². The van der Waals surface area contributed by atoms with Crippen LogP contribution in [0.25, 0.3) is 6.08 Å². The summed E-state index contributed by atoms with van der Waals surface area (Å²) in [6.07, 6.45) is 7.13. The van der Waals surface area contributed by atoms with E-state index in [-0.39, 0.29) is 0 Å². The lowest BCUT2D eigenvalue weighted by Crippen LogP contribution is -2.01. The molecule has 0 bridgehead atoms. The lowest BCUT2D eigenvalue weighted by atomic mass is 10.1. The van der Waals surface area contributed by atoms with Crippen molar-refractivity contribution in [3.8, 4) is 17.6 Å². The summed E-state index contributed by atoms with van der Waals surface area (Å²) in [5, 5.41) is 9.49. The first-order valence-electron chi connectivity index (χ1n) is 10.3. The maximum atomic E-state index is 9.01. The lowest BCUT2D eigenvalue weighted by Gasteiger charge is -2.10. The topological polar surface area (TPSA) is 42.2 Å². The highest BCUT2D eigenvalue weighted by atomic mass is 35.5. The highest BCUT2D eigenvalue weighted by molar-refractivity contribution is 6.32. The van der Waals surface area contributed by atoms with Crippen molar-refractivity contribution in [2.24, 2.45) is 0 Å². The molecule has 0 saturated heterocycles. The zero-order chi connectivity index (χ0) is 22.4. The van der Waals surface area contributed by atoms with Gasteiger partial charge >= 0.3 is 0 Å². The molecule has 2 rings (SSSR count). The van der Waals surface area contributed by atoms with E-state index in [9.17, 15) is 0 Å². The van der Waals surface area contributed by atoms with E-state index in [4.69, 9.17) is 37.9 Å². The normalized spacial score (nSPS) is 10.3. The summed E-state index contributed by atoms with van der Waals surface area (Å²) in [4.78, 5) is 0. The number of alkyl halides is 1. The van der Waals surface area contributed by atoms with E-state index in [0.717, 1.165) is 37.2 Å². The molecule has 0 aliphatic heterocycles. The highest BCUT2D eigenvalue weighted by Gasteiger charge is 2.10. The number of allylic oxidation sites excluding steroid dienone is 1. The van der Waals surface area contributed by atoms with E-state index in [2.05, 4.69) is 45.0 Å². The Kier molecular flexibility index (Phi) is 12.7. The molecule has 0 unspecified atom stereocenters. The summed E-state index contributed by atoms with van der Waals surface area (Å²) in [5.41, 5.74) is 4.05. The van der Waals surface area contributed by atoms with Gasteiger partial charge in [-0.3, -0.25) is 0 Å². The molecule has 0 aliphatic rings. The zero-order valence-electron chi connectivity index (χ0n) is 18.3. The zero-order valence-corrected chi connectivity index (χ0v) is 19.8. The van der Waals surface area contributed by atoms with E-state index >= 15 is 0 Å². The largest absolute Gasteiger partial charge is 0.494 e. The number of nitrogens with zero attached hydrogens (tertiary/aromatic N) is 1. The number of hydrogen-bond donors (Lipinski definition) is 0. The first kappa shape index (κ1) is 25.9. The molecule has 30 heavy (non-hydrogen) atoms. The Morgan fingerprint density at radius 3 is 2.43 bits per heavy atom.